The second-order valence-corrected chi connectivity index (χ2v) is 5.76. The Morgan fingerprint density at radius 3 is 2.32 bits per heavy atom. The summed E-state index contributed by atoms with van der Waals surface area (Å²) in [5.74, 6) is 1.59. The first-order valence-corrected chi connectivity index (χ1v) is 6.88. The van der Waals surface area contributed by atoms with Crippen LogP contribution in [0.4, 0.5) is 0 Å². The number of aliphatic hydroxyl groups is 1. The summed E-state index contributed by atoms with van der Waals surface area (Å²) >= 11 is 0. The van der Waals surface area contributed by atoms with Gasteiger partial charge in [0.1, 0.15) is 18.0 Å². The molecule has 0 saturated carbocycles. The molecule has 1 aromatic rings. The summed E-state index contributed by atoms with van der Waals surface area (Å²) in [7, 11) is 0. The topological polar surface area (TPSA) is 58.9 Å². The molecule has 0 fully saturated rings. The summed E-state index contributed by atoms with van der Waals surface area (Å²) in [5, 5.41) is 20.1. The van der Waals surface area contributed by atoms with Crippen molar-refractivity contribution in [1.29, 1.82) is 0 Å². The van der Waals surface area contributed by atoms with Gasteiger partial charge in [-0.2, -0.15) is 0 Å². The van der Waals surface area contributed by atoms with E-state index in [0.29, 0.717) is 18.6 Å². The summed E-state index contributed by atoms with van der Waals surface area (Å²) in [6.45, 7) is 5.74. The molecule has 0 aromatic heterocycles. The minimum Gasteiger partial charge on any atom is -0.504 e. The van der Waals surface area contributed by atoms with Crippen molar-refractivity contribution in [1.82, 2.24) is 0 Å². The summed E-state index contributed by atoms with van der Waals surface area (Å²) in [4.78, 5) is 0. The first kappa shape index (κ1) is 12.6. The van der Waals surface area contributed by atoms with Crippen molar-refractivity contribution in [3.63, 3.8) is 0 Å². The lowest BCUT2D eigenvalue weighted by Crippen LogP contribution is -2.10. The van der Waals surface area contributed by atoms with Crippen molar-refractivity contribution in [3.8, 4) is 17.2 Å². The Hall–Kier alpha value is -1.42. The van der Waals surface area contributed by atoms with Crippen molar-refractivity contribution in [3.05, 3.63) is 16.7 Å². The number of phenolic OH excluding ortho intramolecular Hbond substituents is 1. The monoisotopic (exact) mass is 264 g/mol. The van der Waals surface area contributed by atoms with Crippen LogP contribution in [0.1, 0.15) is 37.5 Å². The zero-order valence-corrected chi connectivity index (χ0v) is 11.6. The van der Waals surface area contributed by atoms with Gasteiger partial charge in [0.15, 0.2) is 11.5 Å². The Labute approximate surface area is 113 Å². The molecule has 4 nitrogen and oxygen atoms in total. The standard InChI is InChI=1S/C15H20O4/c1-7(16)4-10-11-5-8(2)19-15(11)13(17)12-6-9(3)18-14(10)12/h7-9,16-17H,4-6H2,1-3H3. The first-order valence-electron chi connectivity index (χ1n) is 6.88. The zero-order chi connectivity index (χ0) is 13.7. The maximum Gasteiger partial charge on any atom is 0.165 e. The lowest BCUT2D eigenvalue weighted by molar-refractivity contribution is 0.191. The summed E-state index contributed by atoms with van der Waals surface area (Å²) in [6.07, 6.45) is 1.68. The van der Waals surface area contributed by atoms with Gasteiger partial charge >= 0.3 is 0 Å². The molecule has 3 unspecified atom stereocenters. The van der Waals surface area contributed by atoms with Gasteiger partial charge in [0, 0.05) is 36.0 Å². The molecule has 2 aliphatic heterocycles. The van der Waals surface area contributed by atoms with E-state index < -0.39 is 6.10 Å². The molecule has 0 radical (unpaired) electrons. The van der Waals surface area contributed by atoms with Gasteiger partial charge in [-0.25, -0.2) is 0 Å². The highest BCUT2D eigenvalue weighted by molar-refractivity contribution is 5.65. The van der Waals surface area contributed by atoms with Crippen LogP contribution < -0.4 is 9.47 Å². The Kier molecular flexibility index (Phi) is 2.86. The van der Waals surface area contributed by atoms with Crippen LogP contribution in [-0.2, 0) is 19.3 Å². The van der Waals surface area contributed by atoms with Crippen LogP contribution in [0.2, 0.25) is 0 Å². The smallest absolute Gasteiger partial charge is 0.165 e. The minimum atomic E-state index is -0.437. The molecule has 4 heteroatoms. The van der Waals surface area contributed by atoms with Crippen LogP contribution in [0.15, 0.2) is 0 Å². The van der Waals surface area contributed by atoms with Gasteiger partial charge in [0.05, 0.1) is 6.10 Å². The highest BCUT2D eigenvalue weighted by Crippen LogP contribution is 2.50. The summed E-state index contributed by atoms with van der Waals surface area (Å²) < 4.78 is 11.6. The van der Waals surface area contributed by atoms with E-state index >= 15 is 0 Å². The summed E-state index contributed by atoms with van der Waals surface area (Å²) in [6, 6.07) is 0. The number of hydrogen-bond donors (Lipinski definition) is 2. The highest BCUT2D eigenvalue weighted by atomic mass is 16.5. The third-order valence-electron chi connectivity index (χ3n) is 3.81. The van der Waals surface area contributed by atoms with E-state index in [9.17, 15) is 10.2 Å². The summed E-state index contributed by atoms with van der Waals surface area (Å²) in [5.41, 5.74) is 2.83. The maximum absolute atomic E-state index is 10.4. The van der Waals surface area contributed by atoms with Crippen LogP contribution in [0.3, 0.4) is 0 Å². The van der Waals surface area contributed by atoms with Crippen LogP contribution in [0.5, 0.6) is 17.2 Å². The van der Waals surface area contributed by atoms with Crippen molar-refractivity contribution in [2.75, 3.05) is 0 Å². The molecule has 3 atom stereocenters. The largest absolute Gasteiger partial charge is 0.504 e. The molecule has 19 heavy (non-hydrogen) atoms. The number of phenols is 1. The number of ether oxygens (including phenoxy) is 2. The van der Waals surface area contributed by atoms with Crippen LogP contribution in [0, 0.1) is 0 Å². The molecule has 1 aromatic carbocycles. The van der Waals surface area contributed by atoms with Crippen LogP contribution >= 0.6 is 0 Å². The molecule has 0 saturated heterocycles. The van der Waals surface area contributed by atoms with Gasteiger partial charge in [0.2, 0.25) is 0 Å². The molecular formula is C15H20O4. The lowest BCUT2D eigenvalue weighted by Gasteiger charge is -2.16. The average molecular weight is 264 g/mol. The molecule has 0 bridgehead atoms. The third-order valence-corrected chi connectivity index (χ3v) is 3.81. The molecule has 2 heterocycles. The molecule has 0 spiro atoms. The molecular weight excluding hydrogens is 244 g/mol. The van der Waals surface area contributed by atoms with Gasteiger partial charge in [-0.05, 0) is 20.8 Å². The quantitative estimate of drug-likeness (QED) is 0.857. The van der Waals surface area contributed by atoms with E-state index in [2.05, 4.69) is 0 Å². The average Bonchev–Trinajstić information content (AvgIpc) is 2.87. The number of benzene rings is 1. The fourth-order valence-electron chi connectivity index (χ4n) is 3.09. The van der Waals surface area contributed by atoms with E-state index in [0.717, 1.165) is 28.9 Å². The maximum atomic E-state index is 10.4. The van der Waals surface area contributed by atoms with Crippen molar-refractivity contribution in [2.24, 2.45) is 0 Å². The minimum absolute atomic E-state index is 0.0635. The second kappa shape index (κ2) is 4.30. The number of aromatic hydroxyl groups is 1. The van der Waals surface area contributed by atoms with Crippen molar-refractivity contribution in [2.45, 2.75) is 58.3 Å². The Bertz CT molecular complexity index is 482. The number of fused-ring (bicyclic) bond motifs is 2. The van der Waals surface area contributed by atoms with E-state index in [4.69, 9.17) is 9.47 Å². The Balaban J connectivity index is 2.17. The fourth-order valence-corrected chi connectivity index (χ4v) is 3.09. The highest BCUT2D eigenvalue weighted by Gasteiger charge is 2.35. The molecule has 0 amide bonds. The predicted octanol–water partition coefficient (Wildman–Crippen LogP) is 1.96. The number of rotatable bonds is 2. The number of aliphatic hydroxyl groups excluding tert-OH is 1. The molecule has 104 valence electrons. The van der Waals surface area contributed by atoms with E-state index in [1.165, 1.54) is 0 Å². The van der Waals surface area contributed by atoms with Crippen LogP contribution in [-0.4, -0.2) is 28.5 Å². The van der Waals surface area contributed by atoms with Gasteiger partial charge in [-0.1, -0.05) is 0 Å². The second-order valence-electron chi connectivity index (χ2n) is 5.76. The van der Waals surface area contributed by atoms with E-state index in [-0.39, 0.29) is 18.0 Å². The molecule has 2 N–H and O–H groups in total. The van der Waals surface area contributed by atoms with Gasteiger partial charge in [-0.15, -0.1) is 0 Å². The van der Waals surface area contributed by atoms with E-state index in [1.807, 2.05) is 13.8 Å². The normalized spacial score (nSPS) is 25.5. The lowest BCUT2D eigenvalue weighted by atomic mass is 9.93. The Morgan fingerprint density at radius 1 is 1.11 bits per heavy atom. The molecule has 0 aliphatic carbocycles. The Morgan fingerprint density at radius 2 is 1.68 bits per heavy atom. The first-order chi connectivity index (χ1) is 8.97. The third kappa shape index (κ3) is 1.94. The van der Waals surface area contributed by atoms with Gasteiger partial charge < -0.3 is 19.7 Å². The van der Waals surface area contributed by atoms with Crippen molar-refractivity contribution < 1.29 is 19.7 Å². The van der Waals surface area contributed by atoms with Crippen molar-refractivity contribution >= 4 is 0 Å². The SMILES string of the molecule is CC(O)Cc1c2c(c(O)c3c1OC(C)C3)OC(C)C2. The number of hydrogen-bond acceptors (Lipinski definition) is 4. The zero-order valence-electron chi connectivity index (χ0n) is 11.6. The fraction of sp³-hybridized carbons (Fsp3) is 0.600. The molecule has 2 aliphatic rings. The van der Waals surface area contributed by atoms with E-state index in [1.54, 1.807) is 6.92 Å². The predicted molar refractivity (Wildman–Crippen MR) is 71.1 cm³/mol. The molecule has 3 rings (SSSR count). The van der Waals surface area contributed by atoms with Crippen LogP contribution in [0.25, 0.3) is 0 Å². The van der Waals surface area contributed by atoms with Gasteiger partial charge in [0.25, 0.3) is 0 Å². The van der Waals surface area contributed by atoms with Gasteiger partial charge in [-0.3, -0.25) is 0 Å².